The molecule has 2 aliphatic rings. The first-order valence-corrected chi connectivity index (χ1v) is 9.54. The number of esters is 1. The van der Waals surface area contributed by atoms with E-state index in [4.69, 9.17) is 9.84 Å². The van der Waals surface area contributed by atoms with Crippen molar-refractivity contribution in [3.8, 4) is 0 Å². The van der Waals surface area contributed by atoms with Crippen LogP contribution in [0.1, 0.15) is 86.0 Å². The van der Waals surface area contributed by atoms with E-state index in [1.807, 2.05) is 20.8 Å². The molecule has 0 aromatic rings. The van der Waals surface area contributed by atoms with Crippen molar-refractivity contribution >= 4 is 11.9 Å². The first-order valence-electron chi connectivity index (χ1n) is 9.54. The Balaban J connectivity index is 0.000000254. The van der Waals surface area contributed by atoms with Gasteiger partial charge >= 0.3 is 11.9 Å². The number of rotatable bonds is 2. The fourth-order valence-electron chi connectivity index (χ4n) is 3.39. The highest BCUT2D eigenvalue weighted by Gasteiger charge is 2.28. The molecule has 0 radical (unpaired) electrons. The smallest absolute Gasteiger partial charge is 0.309 e. The van der Waals surface area contributed by atoms with Gasteiger partial charge in [0, 0.05) is 0 Å². The van der Waals surface area contributed by atoms with Crippen molar-refractivity contribution in [1.29, 1.82) is 0 Å². The van der Waals surface area contributed by atoms with Crippen molar-refractivity contribution in [1.82, 2.24) is 0 Å². The van der Waals surface area contributed by atoms with Gasteiger partial charge in [-0.2, -0.15) is 0 Å². The van der Waals surface area contributed by atoms with Gasteiger partial charge in [0.2, 0.25) is 0 Å². The zero-order chi connectivity index (χ0) is 18.3. The third-order valence-electron chi connectivity index (χ3n) is 5.12. The second-order valence-electron chi connectivity index (χ2n) is 8.79. The Hall–Kier alpha value is -1.06. The van der Waals surface area contributed by atoms with Crippen LogP contribution in [-0.2, 0) is 14.3 Å². The third kappa shape index (κ3) is 8.16. The van der Waals surface area contributed by atoms with E-state index in [0.29, 0.717) is 0 Å². The second-order valence-corrected chi connectivity index (χ2v) is 8.79. The SMILES string of the molecule is CC1CCC(C(=O)O)CC1.CC1CCC(C(=O)OC(C)(C)C)CC1. The van der Waals surface area contributed by atoms with E-state index in [-0.39, 0.29) is 23.4 Å². The normalized spacial score (nSPS) is 30.7. The minimum atomic E-state index is -0.605. The summed E-state index contributed by atoms with van der Waals surface area (Å²) in [6, 6.07) is 0. The second kappa shape index (κ2) is 9.43. The zero-order valence-corrected chi connectivity index (χ0v) is 16.1. The molecule has 0 saturated heterocycles. The maximum Gasteiger partial charge on any atom is 0.309 e. The van der Waals surface area contributed by atoms with Gasteiger partial charge in [-0.05, 0) is 84.0 Å². The standard InChI is InChI=1S/C12H22O2.C8H14O2/c1-9-5-7-10(8-6-9)11(13)14-12(2,3)4;1-6-2-4-7(5-3-6)8(9)10/h9-10H,5-8H2,1-4H3;6-7H,2-5H2,1H3,(H,9,10). The van der Waals surface area contributed by atoms with Crippen LogP contribution in [0.3, 0.4) is 0 Å². The largest absolute Gasteiger partial charge is 0.481 e. The van der Waals surface area contributed by atoms with Gasteiger partial charge < -0.3 is 9.84 Å². The molecule has 2 rings (SSSR count). The number of ether oxygens (including phenoxy) is 1. The maximum absolute atomic E-state index is 11.7. The lowest BCUT2D eigenvalue weighted by Gasteiger charge is -2.28. The molecule has 0 heterocycles. The Morgan fingerprint density at radius 1 is 0.792 bits per heavy atom. The summed E-state index contributed by atoms with van der Waals surface area (Å²) in [4.78, 5) is 22.2. The molecule has 4 heteroatoms. The highest BCUT2D eigenvalue weighted by Crippen LogP contribution is 2.30. The molecule has 0 atom stereocenters. The predicted octanol–water partition coefficient (Wildman–Crippen LogP) is 5.05. The van der Waals surface area contributed by atoms with Crippen molar-refractivity contribution < 1.29 is 19.4 Å². The van der Waals surface area contributed by atoms with Gasteiger partial charge in [-0.15, -0.1) is 0 Å². The Morgan fingerprint density at radius 3 is 1.50 bits per heavy atom. The summed E-state index contributed by atoms with van der Waals surface area (Å²) < 4.78 is 5.37. The molecule has 0 aliphatic heterocycles. The Bertz CT molecular complexity index is 394. The monoisotopic (exact) mass is 340 g/mol. The summed E-state index contributed by atoms with van der Waals surface area (Å²) in [5.41, 5.74) is -0.333. The van der Waals surface area contributed by atoms with Crippen LogP contribution in [0.4, 0.5) is 0 Å². The average molecular weight is 341 g/mol. The van der Waals surface area contributed by atoms with Crippen LogP contribution in [0, 0.1) is 23.7 Å². The van der Waals surface area contributed by atoms with E-state index in [0.717, 1.165) is 50.4 Å². The minimum absolute atomic E-state index is 0.00407. The molecule has 4 nitrogen and oxygen atoms in total. The summed E-state index contributed by atoms with van der Waals surface area (Å²) in [5, 5.41) is 8.62. The third-order valence-corrected chi connectivity index (χ3v) is 5.12. The molecule has 0 bridgehead atoms. The molecule has 2 aliphatic carbocycles. The van der Waals surface area contributed by atoms with Gasteiger partial charge in [0.25, 0.3) is 0 Å². The van der Waals surface area contributed by atoms with Crippen LogP contribution in [0.5, 0.6) is 0 Å². The molecule has 24 heavy (non-hydrogen) atoms. The highest BCUT2D eigenvalue weighted by atomic mass is 16.6. The van der Waals surface area contributed by atoms with E-state index in [1.165, 1.54) is 12.8 Å². The number of carbonyl (C=O) groups is 2. The summed E-state index contributed by atoms with van der Waals surface area (Å²) in [7, 11) is 0. The number of aliphatic carboxylic acids is 1. The van der Waals surface area contributed by atoms with Crippen molar-refractivity contribution in [3.63, 3.8) is 0 Å². The van der Waals surface area contributed by atoms with Crippen molar-refractivity contribution in [2.45, 2.75) is 91.6 Å². The minimum Gasteiger partial charge on any atom is -0.481 e. The van der Waals surface area contributed by atoms with Crippen molar-refractivity contribution in [3.05, 3.63) is 0 Å². The van der Waals surface area contributed by atoms with Crippen LogP contribution in [0.15, 0.2) is 0 Å². The Kier molecular flexibility index (Phi) is 8.24. The molecule has 0 amide bonds. The first-order chi connectivity index (χ1) is 11.1. The zero-order valence-electron chi connectivity index (χ0n) is 16.1. The lowest BCUT2D eigenvalue weighted by molar-refractivity contribution is -0.161. The molecular weight excluding hydrogens is 304 g/mol. The molecule has 140 valence electrons. The van der Waals surface area contributed by atoms with Crippen molar-refractivity contribution in [2.24, 2.45) is 23.7 Å². The van der Waals surface area contributed by atoms with Crippen LogP contribution in [-0.4, -0.2) is 22.6 Å². The number of hydrogen-bond donors (Lipinski definition) is 1. The van der Waals surface area contributed by atoms with Gasteiger partial charge in [0.15, 0.2) is 0 Å². The molecular formula is C20H36O4. The van der Waals surface area contributed by atoms with Gasteiger partial charge in [-0.3, -0.25) is 9.59 Å². The number of carboxylic acids is 1. The van der Waals surface area contributed by atoms with Gasteiger partial charge in [-0.25, -0.2) is 0 Å². The van der Waals surface area contributed by atoms with Gasteiger partial charge in [0.05, 0.1) is 11.8 Å². The van der Waals surface area contributed by atoms with E-state index in [1.54, 1.807) is 0 Å². The Morgan fingerprint density at radius 2 is 1.17 bits per heavy atom. The van der Waals surface area contributed by atoms with E-state index < -0.39 is 5.97 Å². The van der Waals surface area contributed by atoms with E-state index in [2.05, 4.69) is 13.8 Å². The first kappa shape index (κ1) is 21.0. The summed E-state index contributed by atoms with van der Waals surface area (Å²) in [6.45, 7) is 10.2. The van der Waals surface area contributed by atoms with Crippen LogP contribution in [0.2, 0.25) is 0 Å². The topological polar surface area (TPSA) is 63.6 Å². The summed E-state index contributed by atoms with van der Waals surface area (Å²) >= 11 is 0. The lowest BCUT2D eigenvalue weighted by Crippen LogP contribution is -2.30. The fraction of sp³-hybridized carbons (Fsp3) is 0.900. The Labute approximate surface area is 147 Å². The quantitative estimate of drug-likeness (QED) is 0.714. The average Bonchev–Trinajstić information content (AvgIpc) is 2.47. The molecule has 2 saturated carbocycles. The number of hydrogen-bond acceptors (Lipinski definition) is 3. The molecule has 0 unspecified atom stereocenters. The summed E-state index contributed by atoms with van der Waals surface area (Å²) in [5.74, 6) is 1.04. The van der Waals surface area contributed by atoms with Crippen LogP contribution < -0.4 is 0 Å². The number of carboxylic acid groups (broad SMARTS) is 1. The molecule has 2 fully saturated rings. The number of carbonyl (C=O) groups excluding carboxylic acids is 1. The lowest BCUT2D eigenvalue weighted by atomic mass is 9.83. The molecule has 0 aromatic carbocycles. The van der Waals surface area contributed by atoms with E-state index in [9.17, 15) is 9.59 Å². The molecule has 0 aromatic heterocycles. The maximum atomic E-state index is 11.7. The fourth-order valence-corrected chi connectivity index (χ4v) is 3.39. The van der Waals surface area contributed by atoms with Gasteiger partial charge in [0.1, 0.15) is 5.60 Å². The van der Waals surface area contributed by atoms with Gasteiger partial charge in [-0.1, -0.05) is 13.8 Å². The highest BCUT2D eigenvalue weighted by molar-refractivity contribution is 5.73. The van der Waals surface area contributed by atoms with E-state index >= 15 is 0 Å². The van der Waals surface area contributed by atoms with Crippen LogP contribution in [0.25, 0.3) is 0 Å². The molecule has 1 N–H and O–H groups in total. The summed E-state index contributed by atoms with van der Waals surface area (Å²) in [6.07, 6.45) is 8.32. The van der Waals surface area contributed by atoms with Crippen LogP contribution >= 0.6 is 0 Å². The predicted molar refractivity (Wildman–Crippen MR) is 95.7 cm³/mol. The van der Waals surface area contributed by atoms with Crippen molar-refractivity contribution in [2.75, 3.05) is 0 Å². The molecule has 0 spiro atoms.